The third-order valence-electron chi connectivity index (χ3n) is 2.08. The molecule has 0 bridgehead atoms. The summed E-state index contributed by atoms with van der Waals surface area (Å²) >= 11 is 5.85. The molecule has 1 unspecified atom stereocenters. The maximum absolute atomic E-state index is 5.85. The Morgan fingerprint density at radius 2 is 2.21 bits per heavy atom. The second-order valence-electron chi connectivity index (χ2n) is 3.64. The van der Waals surface area contributed by atoms with Crippen molar-refractivity contribution in [1.82, 2.24) is 9.97 Å². The van der Waals surface area contributed by atoms with Crippen molar-refractivity contribution in [3.05, 3.63) is 18.1 Å². The summed E-state index contributed by atoms with van der Waals surface area (Å²) in [5.74, 6) is 2.69. The van der Waals surface area contributed by atoms with Gasteiger partial charge in [0, 0.05) is 18.1 Å². The third-order valence-corrected chi connectivity index (χ3v) is 2.41. The average Bonchev–Trinajstić information content (AvgIpc) is 2.14. The third kappa shape index (κ3) is 3.14. The molecule has 1 aromatic rings. The molecule has 0 aliphatic heterocycles. The average molecular weight is 214 g/mol. The number of alkyl halides is 1. The minimum Gasteiger partial charge on any atom is -0.366 e. The van der Waals surface area contributed by atoms with E-state index in [1.54, 1.807) is 6.20 Å². The van der Waals surface area contributed by atoms with Crippen LogP contribution in [-0.2, 0) is 0 Å². The number of anilines is 1. The lowest BCUT2D eigenvalue weighted by Crippen LogP contribution is -2.27. The summed E-state index contributed by atoms with van der Waals surface area (Å²) < 4.78 is 0. The Balaban J connectivity index is 2.67. The molecule has 1 heterocycles. The number of nitrogens with one attached hydrogen (secondary N) is 1. The molecule has 1 N–H and O–H groups in total. The summed E-state index contributed by atoms with van der Waals surface area (Å²) in [6, 6.07) is 2.11. The minimum atomic E-state index is 0.256. The lowest BCUT2D eigenvalue weighted by Gasteiger charge is -2.20. The predicted molar refractivity (Wildman–Crippen MR) is 59.7 cm³/mol. The second kappa shape index (κ2) is 5.15. The quantitative estimate of drug-likeness (QED) is 0.781. The van der Waals surface area contributed by atoms with Crippen molar-refractivity contribution in [3.8, 4) is 0 Å². The van der Waals surface area contributed by atoms with Crippen LogP contribution in [0.3, 0.4) is 0 Å². The fourth-order valence-electron chi connectivity index (χ4n) is 1.11. The topological polar surface area (TPSA) is 37.8 Å². The number of hydrogen-bond donors (Lipinski definition) is 1. The molecule has 0 saturated carbocycles. The van der Waals surface area contributed by atoms with Gasteiger partial charge in [0.1, 0.15) is 11.6 Å². The van der Waals surface area contributed by atoms with Gasteiger partial charge in [-0.05, 0) is 18.9 Å². The lowest BCUT2D eigenvalue weighted by atomic mass is 10.1. The van der Waals surface area contributed by atoms with Gasteiger partial charge in [-0.3, -0.25) is 0 Å². The Bertz CT molecular complexity index is 288. The van der Waals surface area contributed by atoms with Crippen LogP contribution in [0, 0.1) is 12.8 Å². The van der Waals surface area contributed by atoms with E-state index in [9.17, 15) is 0 Å². The van der Waals surface area contributed by atoms with E-state index in [1.165, 1.54) is 0 Å². The first-order valence-corrected chi connectivity index (χ1v) is 5.29. The second-order valence-corrected chi connectivity index (χ2v) is 3.95. The van der Waals surface area contributed by atoms with Gasteiger partial charge in [0.15, 0.2) is 0 Å². The Morgan fingerprint density at radius 1 is 1.50 bits per heavy atom. The highest BCUT2D eigenvalue weighted by Gasteiger charge is 2.11. The van der Waals surface area contributed by atoms with Crippen LogP contribution in [0.1, 0.15) is 19.7 Å². The van der Waals surface area contributed by atoms with E-state index >= 15 is 0 Å². The molecule has 0 aliphatic carbocycles. The van der Waals surface area contributed by atoms with E-state index in [4.69, 9.17) is 11.6 Å². The minimum absolute atomic E-state index is 0.256. The maximum atomic E-state index is 5.85. The standard InChI is InChI=1S/C10H16ClN3/c1-7(2)9(6-11)14-10-4-5-12-8(3)13-10/h4-5,7,9H,6H2,1-3H3,(H,12,13,14). The Labute approximate surface area is 89.9 Å². The molecular weight excluding hydrogens is 198 g/mol. The molecule has 0 aromatic carbocycles. The van der Waals surface area contributed by atoms with E-state index in [0.717, 1.165) is 11.6 Å². The molecule has 0 radical (unpaired) electrons. The fraction of sp³-hybridized carbons (Fsp3) is 0.600. The van der Waals surface area contributed by atoms with E-state index in [-0.39, 0.29) is 6.04 Å². The van der Waals surface area contributed by atoms with Crippen molar-refractivity contribution in [2.24, 2.45) is 5.92 Å². The summed E-state index contributed by atoms with van der Waals surface area (Å²) in [6.45, 7) is 6.14. The largest absolute Gasteiger partial charge is 0.366 e. The highest BCUT2D eigenvalue weighted by molar-refractivity contribution is 6.18. The molecule has 1 rings (SSSR count). The van der Waals surface area contributed by atoms with Crippen LogP contribution in [0.2, 0.25) is 0 Å². The number of aryl methyl sites for hydroxylation is 1. The van der Waals surface area contributed by atoms with Crippen LogP contribution < -0.4 is 5.32 Å². The SMILES string of the molecule is Cc1nccc(NC(CCl)C(C)C)n1. The van der Waals surface area contributed by atoms with Gasteiger partial charge in [-0.25, -0.2) is 9.97 Å². The lowest BCUT2D eigenvalue weighted by molar-refractivity contribution is 0.562. The van der Waals surface area contributed by atoms with Gasteiger partial charge in [-0.1, -0.05) is 13.8 Å². The normalized spacial score (nSPS) is 12.9. The fourth-order valence-corrected chi connectivity index (χ4v) is 1.54. The van der Waals surface area contributed by atoms with Crippen molar-refractivity contribution in [1.29, 1.82) is 0 Å². The zero-order valence-electron chi connectivity index (χ0n) is 8.79. The smallest absolute Gasteiger partial charge is 0.129 e. The summed E-state index contributed by atoms with van der Waals surface area (Å²) in [7, 11) is 0. The van der Waals surface area contributed by atoms with Crippen molar-refractivity contribution in [2.45, 2.75) is 26.8 Å². The Kier molecular flexibility index (Phi) is 4.14. The van der Waals surface area contributed by atoms with Gasteiger partial charge in [-0.15, -0.1) is 11.6 Å². The Hall–Kier alpha value is -0.830. The number of halogens is 1. The first-order chi connectivity index (χ1) is 6.63. The monoisotopic (exact) mass is 213 g/mol. The zero-order valence-corrected chi connectivity index (χ0v) is 9.54. The van der Waals surface area contributed by atoms with Crippen LogP contribution in [0.15, 0.2) is 12.3 Å². The Morgan fingerprint density at radius 3 is 2.71 bits per heavy atom. The summed E-state index contributed by atoms with van der Waals surface area (Å²) in [4.78, 5) is 8.30. The van der Waals surface area contributed by atoms with Crippen molar-refractivity contribution in [2.75, 3.05) is 11.2 Å². The van der Waals surface area contributed by atoms with Gasteiger partial charge in [0.25, 0.3) is 0 Å². The first-order valence-electron chi connectivity index (χ1n) is 4.75. The molecule has 0 aliphatic rings. The van der Waals surface area contributed by atoms with Gasteiger partial charge in [0.2, 0.25) is 0 Å². The van der Waals surface area contributed by atoms with Gasteiger partial charge in [0.05, 0.1) is 0 Å². The molecule has 1 atom stereocenters. The zero-order chi connectivity index (χ0) is 10.6. The molecule has 0 saturated heterocycles. The molecule has 0 spiro atoms. The highest BCUT2D eigenvalue weighted by atomic mass is 35.5. The summed E-state index contributed by atoms with van der Waals surface area (Å²) in [6.07, 6.45) is 1.75. The van der Waals surface area contributed by atoms with Crippen molar-refractivity contribution in [3.63, 3.8) is 0 Å². The predicted octanol–water partition coefficient (Wildman–Crippen LogP) is 2.46. The number of nitrogens with zero attached hydrogens (tertiary/aromatic N) is 2. The summed E-state index contributed by atoms with van der Waals surface area (Å²) in [5, 5.41) is 3.29. The van der Waals surface area contributed by atoms with Crippen LogP contribution in [0.4, 0.5) is 5.82 Å². The van der Waals surface area contributed by atoms with Crippen LogP contribution >= 0.6 is 11.6 Å². The first kappa shape index (κ1) is 11.2. The maximum Gasteiger partial charge on any atom is 0.129 e. The molecule has 0 fully saturated rings. The highest BCUT2D eigenvalue weighted by Crippen LogP contribution is 2.11. The summed E-state index contributed by atoms with van der Waals surface area (Å²) in [5.41, 5.74) is 0. The van der Waals surface area contributed by atoms with Gasteiger partial charge in [-0.2, -0.15) is 0 Å². The van der Waals surface area contributed by atoms with Crippen LogP contribution in [-0.4, -0.2) is 21.9 Å². The molecule has 78 valence electrons. The molecule has 1 aromatic heterocycles. The molecular formula is C10H16ClN3. The molecule has 4 heteroatoms. The molecule has 0 amide bonds. The van der Waals surface area contributed by atoms with Gasteiger partial charge < -0.3 is 5.32 Å². The van der Waals surface area contributed by atoms with Gasteiger partial charge >= 0.3 is 0 Å². The van der Waals surface area contributed by atoms with E-state index < -0.39 is 0 Å². The number of aromatic nitrogens is 2. The van der Waals surface area contributed by atoms with Crippen LogP contribution in [0.5, 0.6) is 0 Å². The van der Waals surface area contributed by atoms with Crippen LogP contribution in [0.25, 0.3) is 0 Å². The number of hydrogen-bond acceptors (Lipinski definition) is 3. The molecule has 3 nitrogen and oxygen atoms in total. The van der Waals surface area contributed by atoms with Crippen molar-refractivity contribution < 1.29 is 0 Å². The number of rotatable bonds is 4. The molecule has 14 heavy (non-hydrogen) atoms. The van der Waals surface area contributed by atoms with E-state index in [2.05, 4.69) is 29.1 Å². The van der Waals surface area contributed by atoms with E-state index in [0.29, 0.717) is 11.8 Å². The van der Waals surface area contributed by atoms with E-state index in [1.807, 2.05) is 13.0 Å². The van der Waals surface area contributed by atoms with Crippen molar-refractivity contribution >= 4 is 17.4 Å².